The number of carbonyl (C=O) groups is 3. The van der Waals surface area contributed by atoms with Crippen LogP contribution in [0.4, 0.5) is 0 Å². The first-order valence-electron chi connectivity index (χ1n) is 24.6. The molecule has 0 spiro atoms. The Morgan fingerprint density at radius 2 is 0.828 bits per heavy atom. The van der Waals surface area contributed by atoms with Crippen molar-refractivity contribution in [3.63, 3.8) is 0 Å². The molecule has 0 aliphatic heterocycles. The minimum Gasteiger partial charge on any atom is -0.544 e. The van der Waals surface area contributed by atoms with E-state index in [1.807, 2.05) is 0 Å². The van der Waals surface area contributed by atoms with Crippen LogP contribution in [0.3, 0.4) is 0 Å². The van der Waals surface area contributed by atoms with Crippen molar-refractivity contribution < 1.29 is 38.2 Å². The van der Waals surface area contributed by atoms with E-state index >= 15 is 0 Å². The lowest BCUT2D eigenvalue weighted by atomic mass is 10.1. The topological polar surface area (TPSA) is 102 Å². The number of aliphatic carboxylic acids is 1. The van der Waals surface area contributed by atoms with Crippen LogP contribution in [0.25, 0.3) is 0 Å². The molecular weight excluding hydrogens is 799 g/mol. The molecule has 0 aromatic rings. The fourth-order valence-electron chi connectivity index (χ4n) is 6.36. The lowest BCUT2D eigenvalue weighted by molar-refractivity contribution is -0.889. The maximum Gasteiger partial charge on any atom is 0.306 e. The first-order chi connectivity index (χ1) is 31.1. The summed E-state index contributed by atoms with van der Waals surface area (Å²) in [6.45, 7) is 4.35. The van der Waals surface area contributed by atoms with Gasteiger partial charge in [-0.05, 0) is 103 Å². The van der Waals surface area contributed by atoms with Gasteiger partial charge in [0.1, 0.15) is 12.6 Å². The highest BCUT2D eigenvalue weighted by Crippen LogP contribution is 2.12. The van der Waals surface area contributed by atoms with E-state index in [1.165, 1.54) is 12.8 Å². The third-order valence-corrected chi connectivity index (χ3v) is 10.1. The molecule has 2 unspecified atom stereocenters. The molecule has 0 aromatic carbocycles. The molecule has 0 saturated heterocycles. The molecule has 0 rings (SSSR count). The molecule has 360 valence electrons. The first kappa shape index (κ1) is 59.7. The largest absolute Gasteiger partial charge is 0.544 e. The SMILES string of the molecule is CC/C=C/C/C=C/C/C=C/C/C=C/C/C=C/C/C=C/CCCCC(=O)OC(COCCC(C(=O)[O-])[N+](C)(C)C)COC(=O)CCCCCCCC/C=C/C/C=C/C/C=C/C/C=C/CC. The molecular formula is C56H89NO7. The molecule has 64 heavy (non-hydrogen) atoms. The molecule has 8 heteroatoms. The Bertz CT molecular complexity index is 1450. The Labute approximate surface area is 391 Å². The van der Waals surface area contributed by atoms with E-state index < -0.39 is 18.1 Å². The molecule has 0 saturated carbocycles. The maximum atomic E-state index is 12.8. The van der Waals surface area contributed by atoms with Gasteiger partial charge in [0.05, 0.1) is 40.3 Å². The Morgan fingerprint density at radius 1 is 0.469 bits per heavy atom. The molecule has 0 bridgehead atoms. The molecule has 0 heterocycles. The average Bonchev–Trinajstić information content (AvgIpc) is 3.26. The number of hydrogen-bond donors (Lipinski definition) is 0. The standard InChI is InChI=1S/C56H89NO7/c1-6-8-10-12-14-16-18-20-22-24-26-27-29-31-33-35-37-39-41-43-45-47-55(59)64-52(50-62-49-48-53(56(60)61)57(3,4)5)51-63-54(58)46-44-42-40-38-36-34-32-30-28-25-23-21-19-17-15-13-11-9-7-2/h8-11,14-17,20-23,26-28,30-31,33,37,39,52-53H,6-7,12-13,18-19,24-25,29,32,34-36,38,40-51H2,1-5H3/b10-8+,11-9+,16-14+,17-15+,22-20+,23-21+,27-26+,30-28+,33-31+,39-37+. The van der Waals surface area contributed by atoms with Gasteiger partial charge in [0, 0.05) is 19.3 Å². The number of nitrogens with zero attached hydrogens (tertiary/aromatic N) is 1. The smallest absolute Gasteiger partial charge is 0.306 e. The number of carboxylic acid groups (broad SMARTS) is 1. The summed E-state index contributed by atoms with van der Waals surface area (Å²) >= 11 is 0. The lowest BCUT2D eigenvalue weighted by Crippen LogP contribution is -2.55. The number of unbranched alkanes of at least 4 members (excludes halogenated alkanes) is 8. The molecule has 0 aromatic heterocycles. The van der Waals surface area contributed by atoms with Crippen LogP contribution in [0, 0.1) is 0 Å². The number of quaternary nitrogens is 1. The van der Waals surface area contributed by atoms with Crippen molar-refractivity contribution in [2.24, 2.45) is 0 Å². The van der Waals surface area contributed by atoms with Crippen LogP contribution in [-0.2, 0) is 28.6 Å². The van der Waals surface area contributed by atoms with E-state index in [9.17, 15) is 19.5 Å². The van der Waals surface area contributed by atoms with Gasteiger partial charge in [0.25, 0.3) is 0 Å². The number of ether oxygens (including phenoxy) is 3. The van der Waals surface area contributed by atoms with Crippen molar-refractivity contribution >= 4 is 17.9 Å². The van der Waals surface area contributed by atoms with Crippen molar-refractivity contribution in [3.8, 4) is 0 Å². The molecule has 0 aliphatic carbocycles. The minimum absolute atomic E-state index is 0.00931. The van der Waals surface area contributed by atoms with Crippen LogP contribution < -0.4 is 5.11 Å². The van der Waals surface area contributed by atoms with Crippen molar-refractivity contribution in [1.82, 2.24) is 0 Å². The summed E-state index contributed by atoms with van der Waals surface area (Å²) < 4.78 is 17.2. The summed E-state index contributed by atoms with van der Waals surface area (Å²) in [5.74, 6) is -1.83. The van der Waals surface area contributed by atoms with Gasteiger partial charge in [-0.25, -0.2) is 0 Å². The summed E-state index contributed by atoms with van der Waals surface area (Å²) in [6, 6.07) is -0.745. The number of allylic oxidation sites excluding steroid dienone is 20. The van der Waals surface area contributed by atoms with Crippen molar-refractivity contribution in [1.29, 1.82) is 0 Å². The maximum absolute atomic E-state index is 12.8. The fraction of sp³-hybridized carbons (Fsp3) is 0.589. The lowest BCUT2D eigenvalue weighted by Gasteiger charge is -2.34. The van der Waals surface area contributed by atoms with Crippen molar-refractivity contribution in [3.05, 3.63) is 122 Å². The molecule has 8 nitrogen and oxygen atoms in total. The molecule has 0 amide bonds. The summed E-state index contributed by atoms with van der Waals surface area (Å²) in [4.78, 5) is 37.0. The van der Waals surface area contributed by atoms with Crippen LogP contribution in [0.15, 0.2) is 122 Å². The van der Waals surface area contributed by atoms with E-state index in [1.54, 1.807) is 21.1 Å². The van der Waals surface area contributed by atoms with Crippen molar-refractivity contribution in [2.75, 3.05) is 41.0 Å². The van der Waals surface area contributed by atoms with Gasteiger partial charge >= 0.3 is 11.9 Å². The van der Waals surface area contributed by atoms with E-state index in [4.69, 9.17) is 14.2 Å². The zero-order chi connectivity index (χ0) is 47.0. The van der Waals surface area contributed by atoms with Gasteiger partial charge in [0.2, 0.25) is 0 Å². The van der Waals surface area contributed by atoms with E-state index in [0.717, 1.165) is 109 Å². The second-order valence-electron chi connectivity index (χ2n) is 16.9. The van der Waals surface area contributed by atoms with Gasteiger partial charge in [-0.1, -0.05) is 161 Å². The normalized spacial score (nSPS) is 14.0. The van der Waals surface area contributed by atoms with E-state index in [2.05, 4.69) is 135 Å². The third kappa shape index (κ3) is 43.0. The minimum atomic E-state index is -1.14. The summed E-state index contributed by atoms with van der Waals surface area (Å²) in [6.07, 6.45) is 63.7. The average molecular weight is 888 g/mol. The van der Waals surface area contributed by atoms with Gasteiger partial charge in [0.15, 0.2) is 6.10 Å². The first-order valence-corrected chi connectivity index (χ1v) is 24.6. The van der Waals surface area contributed by atoms with Crippen LogP contribution in [0.2, 0.25) is 0 Å². The number of likely N-dealkylation sites (N-methyl/N-ethyl adjacent to an activating group) is 1. The number of carbonyl (C=O) groups excluding carboxylic acids is 3. The monoisotopic (exact) mass is 888 g/mol. The Hall–Kier alpha value is -4.27. The number of carboxylic acids is 1. The molecule has 0 aliphatic rings. The van der Waals surface area contributed by atoms with Gasteiger partial charge in [-0.2, -0.15) is 0 Å². The highest BCUT2D eigenvalue weighted by atomic mass is 16.6. The number of rotatable bonds is 42. The quantitative estimate of drug-likeness (QED) is 0.0260. The summed E-state index contributed by atoms with van der Waals surface area (Å²) in [5.41, 5.74) is 0. The number of hydrogen-bond acceptors (Lipinski definition) is 7. The summed E-state index contributed by atoms with van der Waals surface area (Å²) in [5, 5.41) is 11.7. The molecule has 2 atom stereocenters. The van der Waals surface area contributed by atoms with E-state index in [0.29, 0.717) is 12.8 Å². The predicted molar refractivity (Wildman–Crippen MR) is 267 cm³/mol. The van der Waals surface area contributed by atoms with E-state index in [-0.39, 0.29) is 49.1 Å². The molecule has 0 radical (unpaired) electrons. The summed E-state index contributed by atoms with van der Waals surface area (Å²) in [7, 11) is 5.38. The third-order valence-electron chi connectivity index (χ3n) is 10.1. The Kier molecular flexibility index (Phi) is 42.3. The second-order valence-corrected chi connectivity index (χ2v) is 16.9. The highest BCUT2D eigenvalue weighted by Gasteiger charge is 2.25. The molecule has 0 fully saturated rings. The molecule has 0 N–H and O–H groups in total. The zero-order valence-corrected chi connectivity index (χ0v) is 40.9. The second kappa shape index (κ2) is 45.3. The van der Waals surface area contributed by atoms with Crippen LogP contribution in [-0.4, -0.2) is 75.5 Å². The van der Waals surface area contributed by atoms with Gasteiger partial charge < -0.3 is 28.6 Å². The predicted octanol–water partition coefficient (Wildman–Crippen LogP) is 12.9. The van der Waals surface area contributed by atoms with Gasteiger partial charge in [-0.3, -0.25) is 9.59 Å². The van der Waals surface area contributed by atoms with Crippen LogP contribution in [0.1, 0.15) is 162 Å². The fourth-order valence-corrected chi connectivity index (χ4v) is 6.36. The van der Waals surface area contributed by atoms with Gasteiger partial charge in [-0.15, -0.1) is 0 Å². The highest BCUT2D eigenvalue weighted by molar-refractivity contribution is 5.70. The van der Waals surface area contributed by atoms with Crippen LogP contribution >= 0.6 is 0 Å². The number of esters is 2. The zero-order valence-electron chi connectivity index (χ0n) is 40.9. The van der Waals surface area contributed by atoms with Crippen molar-refractivity contribution in [2.45, 2.75) is 174 Å². The Morgan fingerprint density at radius 3 is 1.25 bits per heavy atom. The van der Waals surface area contributed by atoms with Crippen LogP contribution in [0.5, 0.6) is 0 Å². The Balaban J connectivity index is 4.43.